The summed E-state index contributed by atoms with van der Waals surface area (Å²) < 4.78 is 10.5. The molecule has 0 fully saturated rings. The van der Waals surface area contributed by atoms with Gasteiger partial charge in [0, 0.05) is 24.2 Å². The Morgan fingerprint density at radius 2 is 1.86 bits per heavy atom. The smallest absolute Gasteiger partial charge is 0.226 e. The summed E-state index contributed by atoms with van der Waals surface area (Å²) in [7, 11) is 1.64. The van der Waals surface area contributed by atoms with Crippen molar-refractivity contribution in [2.75, 3.05) is 19.0 Å². The summed E-state index contributed by atoms with van der Waals surface area (Å²) in [5.41, 5.74) is 7.73. The summed E-state index contributed by atoms with van der Waals surface area (Å²) in [6, 6.07) is 17.4. The summed E-state index contributed by atoms with van der Waals surface area (Å²) in [5, 5.41) is 7.12. The lowest BCUT2D eigenvalue weighted by Gasteiger charge is -2.04. The number of methoxy groups -OCH3 is 1. The van der Waals surface area contributed by atoms with E-state index in [1.54, 1.807) is 7.11 Å². The highest BCUT2D eigenvalue weighted by Crippen LogP contribution is 2.20. The highest BCUT2D eigenvalue weighted by molar-refractivity contribution is 5.92. The minimum atomic E-state index is 0.437. The third-order valence-electron chi connectivity index (χ3n) is 4.19. The number of aliphatic imine (C=N–C) groups is 1. The van der Waals surface area contributed by atoms with Crippen molar-refractivity contribution in [1.29, 1.82) is 0 Å². The van der Waals surface area contributed by atoms with Crippen LogP contribution in [-0.2, 0) is 6.42 Å². The number of nitrogens with two attached hydrogens (primary N) is 1. The van der Waals surface area contributed by atoms with E-state index in [1.165, 1.54) is 0 Å². The Morgan fingerprint density at radius 1 is 1.07 bits per heavy atom. The number of nitrogens with zero attached hydrogens (tertiary/aromatic N) is 3. The molecule has 0 aliphatic carbocycles. The Labute approximate surface area is 164 Å². The number of aryl methyl sites for hydroxylation is 1. The molecular formula is C21H25N5O2. The van der Waals surface area contributed by atoms with E-state index in [1.807, 2.05) is 54.6 Å². The van der Waals surface area contributed by atoms with Crippen LogP contribution in [0.2, 0.25) is 0 Å². The number of anilines is 1. The number of nitrogens with one attached hydrogen (secondary N) is 1. The second kappa shape index (κ2) is 10.1. The summed E-state index contributed by atoms with van der Waals surface area (Å²) >= 11 is 0. The van der Waals surface area contributed by atoms with E-state index in [9.17, 15) is 0 Å². The molecule has 7 heteroatoms. The number of hydrogen-bond donors (Lipinski definition) is 2. The van der Waals surface area contributed by atoms with Gasteiger partial charge >= 0.3 is 0 Å². The molecule has 0 spiro atoms. The van der Waals surface area contributed by atoms with Crippen LogP contribution in [0.3, 0.4) is 0 Å². The molecule has 2 aromatic carbocycles. The molecule has 0 saturated heterocycles. The maximum Gasteiger partial charge on any atom is 0.226 e. The van der Waals surface area contributed by atoms with Gasteiger partial charge in [0.25, 0.3) is 0 Å². The van der Waals surface area contributed by atoms with Gasteiger partial charge in [0.15, 0.2) is 5.96 Å². The van der Waals surface area contributed by atoms with Crippen LogP contribution < -0.4 is 15.8 Å². The van der Waals surface area contributed by atoms with E-state index in [0.29, 0.717) is 24.2 Å². The number of hydrogen-bond acceptors (Lipinski definition) is 5. The van der Waals surface area contributed by atoms with Gasteiger partial charge in [-0.3, -0.25) is 4.99 Å². The van der Waals surface area contributed by atoms with Crippen molar-refractivity contribution in [3.63, 3.8) is 0 Å². The molecule has 3 rings (SSSR count). The minimum Gasteiger partial charge on any atom is -0.497 e. The lowest BCUT2D eigenvalue weighted by molar-refractivity contribution is 0.374. The number of ether oxygens (including phenoxy) is 1. The van der Waals surface area contributed by atoms with Crippen LogP contribution in [0.4, 0.5) is 5.69 Å². The summed E-state index contributed by atoms with van der Waals surface area (Å²) in [6.45, 7) is 0.687. The zero-order valence-corrected chi connectivity index (χ0v) is 16.0. The van der Waals surface area contributed by atoms with Crippen LogP contribution in [0, 0.1) is 0 Å². The lowest BCUT2D eigenvalue weighted by atomic mass is 10.2. The standard InChI is InChI=1S/C21H25N5O2/c1-27-18-13-11-16(12-14-18)20-25-19(28-26-20)10-6-3-7-15-23-21(22)24-17-8-4-2-5-9-17/h2,4-5,8-9,11-14H,3,6-7,10,15H2,1H3,(H3,22,23,24). The van der Waals surface area contributed by atoms with E-state index in [2.05, 4.69) is 20.4 Å². The van der Waals surface area contributed by atoms with E-state index in [-0.39, 0.29) is 0 Å². The average molecular weight is 379 g/mol. The first-order chi connectivity index (χ1) is 13.7. The van der Waals surface area contributed by atoms with Crippen LogP contribution in [0.15, 0.2) is 64.1 Å². The lowest BCUT2D eigenvalue weighted by Crippen LogP contribution is -2.22. The largest absolute Gasteiger partial charge is 0.497 e. The monoisotopic (exact) mass is 379 g/mol. The van der Waals surface area contributed by atoms with Gasteiger partial charge in [-0.2, -0.15) is 4.98 Å². The first-order valence-electron chi connectivity index (χ1n) is 9.33. The Morgan fingerprint density at radius 3 is 2.61 bits per heavy atom. The predicted molar refractivity (Wildman–Crippen MR) is 110 cm³/mol. The zero-order valence-electron chi connectivity index (χ0n) is 16.0. The number of para-hydroxylation sites is 1. The topological polar surface area (TPSA) is 98.6 Å². The van der Waals surface area contributed by atoms with Gasteiger partial charge in [-0.25, -0.2) is 0 Å². The average Bonchev–Trinajstić information content (AvgIpc) is 3.20. The fourth-order valence-corrected chi connectivity index (χ4v) is 2.69. The number of benzene rings is 2. The predicted octanol–water partition coefficient (Wildman–Crippen LogP) is 3.88. The molecule has 0 aliphatic heterocycles. The fraction of sp³-hybridized carbons (Fsp3) is 0.286. The molecule has 0 amide bonds. The highest BCUT2D eigenvalue weighted by atomic mass is 16.5. The Hall–Kier alpha value is -3.35. The van der Waals surface area contributed by atoms with Crippen molar-refractivity contribution < 1.29 is 9.26 Å². The van der Waals surface area contributed by atoms with Crippen molar-refractivity contribution >= 4 is 11.6 Å². The highest BCUT2D eigenvalue weighted by Gasteiger charge is 2.08. The Kier molecular flexibility index (Phi) is 7.01. The quantitative estimate of drug-likeness (QED) is 0.332. The van der Waals surface area contributed by atoms with Crippen LogP contribution in [0.1, 0.15) is 25.2 Å². The molecule has 0 aliphatic rings. The molecule has 7 nitrogen and oxygen atoms in total. The molecule has 3 aromatic rings. The van der Waals surface area contributed by atoms with Gasteiger partial charge in [0.05, 0.1) is 7.11 Å². The molecule has 0 atom stereocenters. The van der Waals surface area contributed by atoms with Crippen LogP contribution in [0.5, 0.6) is 5.75 Å². The molecule has 0 unspecified atom stereocenters. The van der Waals surface area contributed by atoms with Gasteiger partial charge in [0.2, 0.25) is 11.7 Å². The molecule has 0 saturated carbocycles. The Bertz CT molecular complexity index is 875. The molecule has 0 bridgehead atoms. The van der Waals surface area contributed by atoms with E-state index < -0.39 is 0 Å². The van der Waals surface area contributed by atoms with Gasteiger partial charge in [-0.1, -0.05) is 29.8 Å². The van der Waals surface area contributed by atoms with Gasteiger partial charge in [0.1, 0.15) is 5.75 Å². The SMILES string of the molecule is COc1ccc(-c2noc(CCCCCN=C(N)Nc3ccccc3)n2)cc1. The zero-order chi connectivity index (χ0) is 19.6. The van der Waals surface area contributed by atoms with Crippen LogP contribution in [-0.4, -0.2) is 29.8 Å². The van der Waals surface area contributed by atoms with Crippen molar-refractivity contribution in [2.24, 2.45) is 10.7 Å². The summed E-state index contributed by atoms with van der Waals surface area (Å²) in [4.78, 5) is 8.80. The third kappa shape index (κ3) is 5.84. The van der Waals surface area contributed by atoms with Crippen molar-refractivity contribution in [2.45, 2.75) is 25.7 Å². The minimum absolute atomic E-state index is 0.437. The Balaban J connectivity index is 1.36. The molecule has 1 aromatic heterocycles. The summed E-state index contributed by atoms with van der Waals surface area (Å²) in [5.74, 6) is 2.49. The molecule has 28 heavy (non-hydrogen) atoms. The normalized spacial score (nSPS) is 11.4. The number of aromatic nitrogens is 2. The maximum atomic E-state index is 5.89. The van der Waals surface area contributed by atoms with Gasteiger partial charge < -0.3 is 20.3 Å². The maximum absolute atomic E-state index is 5.89. The number of unbranched alkanes of at least 4 members (excludes halogenated alkanes) is 2. The van der Waals surface area contributed by atoms with E-state index in [4.69, 9.17) is 15.0 Å². The van der Waals surface area contributed by atoms with Gasteiger partial charge in [-0.15, -0.1) is 0 Å². The molecule has 3 N–H and O–H groups in total. The molecule has 1 heterocycles. The van der Waals surface area contributed by atoms with Gasteiger partial charge in [-0.05, 0) is 49.2 Å². The van der Waals surface area contributed by atoms with Crippen molar-refractivity contribution in [3.8, 4) is 17.1 Å². The molecular weight excluding hydrogens is 354 g/mol. The van der Waals surface area contributed by atoms with Crippen molar-refractivity contribution in [3.05, 3.63) is 60.5 Å². The number of guanidine groups is 1. The van der Waals surface area contributed by atoms with E-state index in [0.717, 1.165) is 42.7 Å². The number of rotatable bonds is 9. The third-order valence-corrected chi connectivity index (χ3v) is 4.19. The first kappa shape index (κ1) is 19.4. The first-order valence-corrected chi connectivity index (χ1v) is 9.33. The van der Waals surface area contributed by atoms with Crippen LogP contribution >= 0.6 is 0 Å². The van der Waals surface area contributed by atoms with E-state index >= 15 is 0 Å². The summed E-state index contributed by atoms with van der Waals surface area (Å²) in [6.07, 6.45) is 3.69. The van der Waals surface area contributed by atoms with Crippen molar-refractivity contribution in [1.82, 2.24) is 10.1 Å². The molecule has 146 valence electrons. The second-order valence-corrected chi connectivity index (χ2v) is 6.31. The molecule has 0 radical (unpaired) electrons. The fourth-order valence-electron chi connectivity index (χ4n) is 2.69. The second-order valence-electron chi connectivity index (χ2n) is 6.31. The van der Waals surface area contributed by atoms with Crippen LogP contribution in [0.25, 0.3) is 11.4 Å².